The van der Waals surface area contributed by atoms with Gasteiger partial charge in [-0.15, -0.1) is 0 Å². The van der Waals surface area contributed by atoms with Crippen LogP contribution in [0.3, 0.4) is 0 Å². The van der Waals surface area contributed by atoms with Crippen molar-refractivity contribution in [1.82, 2.24) is 4.90 Å². The Morgan fingerprint density at radius 1 is 0.593 bits per heavy atom. The molecule has 2 aliphatic heterocycles. The maximum Gasteiger partial charge on any atom is 0.397 e. The van der Waals surface area contributed by atoms with E-state index in [0.717, 1.165) is 103 Å². The van der Waals surface area contributed by atoms with Gasteiger partial charge in [0.05, 0.1) is 0 Å². The number of unbranched alkanes of at least 4 members (excludes halogenated alkanes) is 1. The fourth-order valence-electron chi connectivity index (χ4n) is 7.38. The lowest BCUT2D eigenvalue weighted by molar-refractivity contribution is -0.158. The first-order valence-electron chi connectivity index (χ1n) is 20.0. The molecule has 5 atom stereocenters. The Morgan fingerprint density at radius 2 is 1.02 bits per heavy atom. The molecule has 0 saturated carbocycles. The van der Waals surface area contributed by atoms with Crippen LogP contribution in [0.15, 0.2) is 0 Å². The van der Waals surface area contributed by atoms with Crippen LogP contribution in [0.1, 0.15) is 174 Å². The first-order valence-corrected chi connectivity index (χ1v) is 24.1. The van der Waals surface area contributed by atoms with Crippen molar-refractivity contribution in [3.63, 3.8) is 0 Å². The van der Waals surface area contributed by atoms with E-state index in [0.29, 0.717) is 45.1 Å². The number of amides is 1. The molecule has 0 aromatic carbocycles. The second-order valence-electron chi connectivity index (χ2n) is 14.7. The number of fused-ring (bicyclic) bond motifs is 1. The summed E-state index contributed by atoms with van der Waals surface area (Å²) in [7, 11) is -15.7. The molecule has 2 rings (SSSR count). The zero-order chi connectivity index (χ0) is 40.0. The summed E-state index contributed by atoms with van der Waals surface area (Å²) in [4.78, 5) is 28.0. The number of rotatable bonds is 9. The summed E-state index contributed by atoms with van der Waals surface area (Å²) in [5.74, 6) is -0.293. The van der Waals surface area contributed by atoms with E-state index >= 15 is 0 Å². The summed E-state index contributed by atoms with van der Waals surface area (Å²) < 4.78 is 119. The minimum atomic E-state index is -5.31. The Hall–Kier alpha value is -1.45. The third kappa shape index (κ3) is 22.3. The summed E-state index contributed by atoms with van der Waals surface area (Å²) in [6.07, 6.45) is 11.7. The van der Waals surface area contributed by atoms with E-state index in [1.54, 1.807) is 4.90 Å². The first kappa shape index (κ1) is 48.7. The van der Waals surface area contributed by atoms with Crippen LogP contribution in [0.2, 0.25) is 0 Å². The average Bonchev–Trinajstić information content (AvgIpc) is 3.57. The summed E-state index contributed by atoms with van der Waals surface area (Å²) >= 11 is 0. The van der Waals surface area contributed by atoms with Crippen molar-refractivity contribution in [2.24, 2.45) is 0 Å². The number of hydrogen-bond acceptors (Lipinski definition) is 12. The second-order valence-corrected chi connectivity index (χ2v) is 17.8. The van der Waals surface area contributed by atoms with Gasteiger partial charge in [-0.2, -0.15) is 25.3 Å². The van der Waals surface area contributed by atoms with Crippen LogP contribution in [0.5, 0.6) is 0 Å². The molecule has 54 heavy (non-hydrogen) atoms. The largest absolute Gasteiger partial charge is 0.461 e. The van der Waals surface area contributed by atoms with E-state index in [2.05, 4.69) is 6.92 Å². The van der Waals surface area contributed by atoms with Crippen LogP contribution in [0.25, 0.3) is 0 Å². The van der Waals surface area contributed by atoms with Crippen LogP contribution in [-0.2, 0) is 58.1 Å². The zero-order valence-electron chi connectivity index (χ0n) is 31.9. The van der Waals surface area contributed by atoms with Crippen molar-refractivity contribution >= 4 is 43.1 Å². The third-order valence-electron chi connectivity index (χ3n) is 10.1. The van der Waals surface area contributed by atoms with E-state index in [4.69, 9.17) is 17.3 Å². The third-order valence-corrected chi connectivity index (χ3v) is 11.6. The predicted octanol–water partition coefficient (Wildman–Crippen LogP) is 6.85. The molecule has 0 radical (unpaired) electrons. The predicted molar refractivity (Wildman–Crippen MR) is 200 cm³/mol. The van der Waals surface area contributed by atoms with E-state index in [1.807, 2.05) is 0 Å². The molecule has 1 amide bonds. The molecule has 2 aliphatic rings. The summed E-state index contributed by atoms with van der Waals surface area (Å²) in [6, 6.07) is -0.513. The number of nitrogens with zero attached hydrogens (tertiary/aromatic N) is 1. The van der Waals surface area contributed by atoms with Crippen molar-refractivity contribution in [3.05, 3.63) is 0 Å². The van der Waals surface area contributed by atoms with Gasteiger partial charge in [0, 0.05) is 13.0 Å². The number of esters is 1. The number of hydrogen-bond donors (Lipinski definition) is 3. The molecule has 0 spiro atoms. The topological polar surface area (TPSA) is 237 Å². The molecule has 0 aromatic rings. The molecule has 19 heteroatoms. The summed E-state index contributed by atoms with van der Waals surface area (Å²) in [5, 5.41) is 0. The smallest absolute Gasteiger partial charge is 0.397 e. The lowest BCUT2D eigenvalue weighted by Gasteiger charge is -2.30. The van der Waals surface area contributed by atoms with Gasteiger partial charge in [-0.1, -0.05) is 116 Å². The molecule has 2 fully saturated rings. The lowest BCUT2D eigenvalue weighted by Crippen LogP contribution is -2.45. The Labute approximate surface area is 323 Å². The SMILES string of the molecule is CCCC[C@H]1CCCCCCCCC[C@H](OS(=O)(=O)O)C(OS(=O)(=O)O)[C@@H](OS(=O)(=O)O)CCCCCCCCCCCCC(=O)N2CCC[C@H]2C(=O)O1. The Kier molecular flexibility index (Phi) is 23.2. The van der Waals surface area contributed by atoms with Crippen LogP contribution in [0, 0.1) is 0 Å². The van der Waals surface area contributed by atoms with E-state index in [9.17, 15) is 48.5 Å². The highest BCUT2D eigenvalue weighted by molar-refractivity contribution is 7.81. The van der Waals surface area contributed by atoms with Gasteiger partial charge < -0.3 is 9.64 Å². The summed E-state index contributed by atoms with van der Waals surface area (Å²) in [6.45, 7) is 2.66. The second kappa shape index (κ2) is 25.7. The first-order chi connectivity index (χ1) is 25.5. The average molecular weight is 836 g/mol. The maximum absolute atomic E-state index is 13.3. The van der Waals surface area contributed by atoms with E-state index in [1.165, 1.54) is 0 Å². The molecular weight excluding hydrogens is 771 g/mol. The Balaban J connectivity index is 2.14. The van der Waals surface area contributed by atoms with Crippen molar-refractivity contribution in [2.45, 2.75) is 204 Å². The molecule has 3 N–H and O–H groups in total. The molecule has 0 bridgehead atoms. The molecule has 1 unspecified atom stereocenters. The van der Waals surface area contributed by atoms with Gasteiger partial charge in [0.25, 0.3) is 0 Å². The molecule has 2 heterocycles. The van der Waals surface area contributed by atoms with Crippen LogP contribution in [0.4, 0.5) is 0 Å². The highest BCUT2D eigenvalue weighted by Gasteiger charge is 2.40. The normalized spacial score (nSPS) is 27.5. The molecule has 0 aromatic heterocycles. The van der Waals surface area contributed by atoms with Gasteiger partial charge in [0.2, 0.25) is 5.91 Å². The van der Waals surface area contributed by atoms with E-state index < -0.39 is 55.6 Å². The monoisotopic (exact) mass is 835 g/mol. The molecule has 0 aliphatic carbocycles. The maximum atomic E-state index is 13.3. The van der Waals surface area contributed by atoms with Gasteiger partial charge in [-0.05, 0) is 51.4 Å². The zero-order valence-corrected chi connectivity index (χ0v) is 34.3. The van der Waals surface area contributed by atoms with Crippen LogP contribution in [-0.4, -0.2) is 92.7 Å². The molecular formula is C35H65NO15S3. The van der Waals surface area contributed by atoms with Gasteiger partial charge >= 0.3 is 37.2 Å². The van der Waals surface area contributed by atoms with Gasteiger partial charge in [0.15, 0.2) is 0 Å². The van der Waals surface area contributed by atoms with Gasteiger partial charge in [-0.3, -0.25) is 18.5 Å². The Bertz CT molecular complexity index is 1410. The molecule has 16 nitrogen and oxygen atoms in total. The molecule has 2 saturated heterocycles. The van der Waals surface area contributed by atoms with Crippen LogP contribution >= 0.6 is 0 Å². The number of carbonyl (C=O) groups is 2. The molecule has 318 valence electrons. The van der Waals surface area contributed by atoms with Crippen LogP contribution < -0.4 is 0 Å². The van der Waals surface area contributed by atoms with E-state index in [-0.39, 0.29) is 43.7 Å². The minimum absolute atomic E-state index is 0.0146. The highest BCUT2D eigenvalue weighted by atomic mass is 32.3. The fraction of sp³-hybridized carbons (Fsp3) is 0.943. The standard InChI is InChI=1S/C35H65NO15S3/c1-2-3-22-29-23-17-13-9-8-11-15-19-26-32(50-53(42,43)44)34(51-54(45,46)47)31(49-52(39,40)41)25-18-14-10-6-4-5-7-12-16-20-27-33(37)36-28-21-24-30(36)35(38)48-29/h29-32,34H,2-28H2,1H3,(H,39,40,41)(H,42,43,44)(H,45,46,47)/t29-,30-,31-,32-,34?/m0/s1. The van der Waals surface area contributed by atoms with Gasteiger partial charge in [-0.25, -0.2) is 17.3 Å². The van der Waals surface area contributed by atoms with Gasteiger partial charge in [0.1, 0.15) is 30.5 Å². The van der Waals surface area contributed by atoms with Crippen molar-refractivity contribution in [3.8, 4) is 0 Å². The quantitative estimate of drug-likeness (QED) is 0.159. The highest BCUT2D eigenvalue weighted by Crippen LogP contribution is 2.27. The summed E-state index contributed by atoms with van der Waals surface area (Å²) in [5.41, 5.74) is 0. The number of cyclic esters (lactones) is 1. The van der Waals surface area contributed by atoms with Crippen molar-refractivity contribution < 1.29 is 65.8 Å². The lowest BCUT2D eigenvalue weighted by atomic mass is 9.97. The number of ether oxygens (including phenoxy) is 1. The fourth-order valence-corrected chi connectivity index (χ4v) is 8.94. The Morgan fingerprint density at radius 3 is 1.46 bits per heavy atom. The minimum Gasteiger partial charge on any atom is -0.461 e. The van der Waals surface area contributed by atoms with Crippen molar-refractivity contribution in [2.75, 3.05) is 6.54 Å². The van der Waals surface area contributed by atoms with Crippen molar-refractivity contribution in [1.29, 1.82) is 0 Å². The number of carbonyl (C=O) groups excluding carboxylic acids is 2.